The molecule has 0 aromatic carbocycles. The molecule has 0 aromatic heterocycles. The van der Waals surface area contributed by atoms with Gasteiger partial charge in [0, 0.05) is 27.8 Å². The van der Waals surface area contributed by atoms with Crippen molar-refractivity contribution in [3.63, 3.8) is 0 Å². The van der Waals surface area contributed by atoms with Crippen LogP contribution in [0.25, 0.3) is 0 Å². The summed E-state index contributed by atoms with van der Waals surface area (Å²) < 4.78 is 40.2. The van der Waals surface area contributed by atoms with Gasteiger partial charge in [-0.25, -0.2) is 0 Å². The standard InChI is InChI=1S/C31H54O8/c1-20(8-9-27(32)36-7)24-16-26(39-19-35-6)29-28-23(11-13-31(24,29)3)30(2)12-10-22(37-17-33-4)14-21(30)15-25(28)38-18-34-5/h20-26,28-29H,8-19H2,1-7H3/t20-,21+,22-,23?,24-,25-,26+,28+,29+,30+,31-/m1/s1. The lowest BCUT2D eigenvalue weighted by Gasteiger charge is -2.63. The minimum absolute atomic E-state index is 0.114. The second kappa shape index (κ2) is 13.5. The molecule has 8 heteroatoms. The largest absolute Gasteiger partial charge is 0.469 e. The van der Waals surface area contributed by atoms with E-state index in [2.05, 4.69) is 20.8 Å². The van der Waals surface area contributed by atoms with Crippen LogP contribution < -0.4 is 0 Å². The fourth-order valence-electron chi connectivity index (χ4n) is 9.73. The van der Waals surface area contributed by atoms with E-state index in [0.717, 1.165) is 32.1 Å². The number of fused-ring (bicyclic) bond motifs is 5. The fourth-order valence-corrected chi connectivity index (χ4v) is 9.73. The topological polar surface area (TPSA) is 81.7 Å². The molecule has 39 heavy (non-hydrogen) atoms. The van der Waals surface area contributed by atoms with Crippen molar-refractivity contribution in [2.45, 2.75) is 96.9 Å². The molecule has 226 valence electrons. The Hall–Kier alpha value is -0.770. The highest BCUT2D eigenvalue weighted by atomic mass is 16.7. The first kappa shape index (κ1) is 31.2. The average Bonchev–Trinajstić information content (AvgIpc) is 3.24. The summed E-state index contributed by atoms with van der Waals surface area (Å²) in [5, 5.41) is 0. The van der Waals surface area contributed by atoms with Gasteiger partial charge in [0.25, 0.3) is 0 Å². The Morgan fingerprint density at radius 1 is 0.821 bits per heavy atom. The van der Waals surface area contributed by atoms with Crippen molar-refractivity contribution in [1.29, 1.82) is 0 Å². The molecule has 0 spiro atoms. The van der Waals surface area contributed by atoms with Crippen molar-refractivity contribution in [3.05, 3.63) is 0 Å². The van der Waals surface area contributed by atoms with Crippen molar-refractivity contribution in [2.24, 2.45) is 46.3 Å². The molecule has 0 radical (unpaired) electrons. The van der Waals surface area contributed by atoms with Gasteiger partial charge in [0.15, 0.2) is 0 Å². The summed E-state index contributed by atoms with van der Waals surface area (Å²) in [5.41, 5.74) is 0.373. The van der Waals surface area contributed by atoms with Gasteiger partial charge in [-0.2, -0.15) is 0 Å². The molecular formula is C31H54O8. The van der Waals surface area contributed by atoms with Gasteiger partial charge in [-0.05, 0) is 97.7 Å². The third-order valence-corrected chi connectivity index (χ3v) is 11.6. The molecule has 0 heterocycles. The van der Waals surface area contributed by atoms with Crippen LogP contribution in [0.3, 0.4) is 0 Å². The second-order valence-electron chi connectivity index (χ2n) is 13.3. The number of methoxy groups -OCH3 is 4. The van der Waals surface area contributed by atoms with E-state index in [9.17, 15) is 4.79 Å². The van der Waals surface area contributed by atoms with Crippen molar-refractivity contribution in [1.82, 2.24) is 0 Å². The lowest BCUT2D eigenvalue weighted by Crippen LogP contribution is -2.60. The van der Waals surface area contributed by atoms with E-state index in [-0.39, 0.29) is 35.1 Å². The highest BCUT2D eigenvalue weighted by Gasteiger charge is 2.66. The summed E-state index contributed by atoms with van der Waals surface area (Å²) in [7, 11) is 6.59. The van der Waals surface area contributed by atoms with Crippen LogP contribution in [0.1, 0.15) is 78.6 Å². The number of rotatable bonds is 13. The molecule has 4 rings (SSSR count). The fraction of sp³-hybridized carbons (Fsp3) is 0.968. The van der Waals surface area contributed by atoms with Crippen LogP contribution in [-0.2, 0) is 38.0 Å². The Morgan fingerprint density at radius 3 is 2.13 bits per heavy atom. The zero-order valence-corrected chi connectivity index (χ0v) is 25.4. The maximum Gasteiger partial charge on any atom is 0.305 e. The molecule has 0 N–H and O–H groups in total. The Balaban J connectivity index is 1.64. The van der Waals surface area contributed by atoms with Crippen molar-refractivity contribution in [2.75, 3.05) is 48.8 Å². The molecule has 4 fully saturated rings. The van der Waals surface area contributed by atoms with E-state index in [1.807, 2.05) is 0 Å². The van der Waals surface area contributed by atoms with Gasteiger partial charge in [-0.3, -0.25) is 4.79 Å². The smallest absolute Gasteiger partial charge is 0.305 e. The minimum Gasteiger partial charge on any atom is -0.469 e. The summed E-state index contributed by atoms with van der Waals surface area (Å²) in [6.07, 6.45) is 9.54. The second-order valence-corrected chi connectivity index (χ2v) is 13.3. The number of esters is 1. The zero-order valence-electron chi connectivity index (χ0n) is 25.4. The molecule has 4 saturated carbocycles. The Labute approximate surface area is 236 Å². The highest BCUT2D eigenvalue weighted by molar-refractivity contribution is 5.69. The van der Waals surface area contributed by atoms with Crippen molar-refractivity contribution >= 4 is 5.97 Å². The maximum absolute atomic E-state index is 12.0. The van der Waals surface area contributed by atoms with E-state index < -0.39 is 0 Å². The van der Waals surface area contributed by atoms with E-state index in [0.29, 0.717) is 62.3 Å². The van der Waals surface area contributed by atoms with Crippen LogP contribution in [0, 0.1) is 46.3 Å². The maximum atomic E-state index is 12.0. The molecule has 0 aliphatic heterocycles. The molecular weight excluding hydrogens is 500 g/mol. The predicted molar refractivity (Wildman–Crippen MR) is 147 cm³/mol. The first-order valence-corrected chi connectivity index (χ1v) is 15.1. The van der Waals surface area contributed by atoms with Gasteiger partial charge < -0.3 is 33.2 Å². The lowest BCUT2D eigenvalue weighted by molar-refractivity contribution is -0.227. The Kier molecular flexibility index (Phi) is 10.8. The minimum atomic E-state index is -0.123. The molecule has 8 nitrogen and oxygen atoms in total. The van der Waals surface area contributed by atoms with Gasteiger partial charge in [0.05, 0.1) is 25.4 Å². The number of hydrogen-bond acceptors (Lipinski definition) is 8. The van der Waals surface area contributed by atoms with Crippen LogP contribution in [0.5, 0.6) is 0 Å². The van der Waals surface area contributed by atoms with Crippen LogP contribution in [0.15, 0.2) is 0 Å². The van der Waals surface area contributed by atoms with E-state index in [1.54, 1.807) is 21.3 Å². The predicted octanol–water partition coefficient (Wildman–Crippen LogP) is 5.42. The molecule has 1 unspecified atom stereocenters. The number of carbonyl (C=O) groups is 1. The molecule has 11 atom stereocenters. The molecule has 4 aliphatic carbocycles. The van der Waals surface area contributed by atoms with E-state index >= 15 is 0 Å². The summed E-state index contributed by atoms with van der Waals surface area (Å²) in [6, 6.07) is 0. The monoisotopic (exact) mass is 554 g/mol. The summed E-state index contributed by atoms with van der Waals surface area (Å²) >= 11 is 0. The van der Waals surface area contributed by atoms with Gasteiger partial charge >= 0.3 is 5.97 Å². The first-order chi connectivity index (χ1) is 18.7. The van der Waals surface area contributed by atoms with Crippen LogP contribution in [0.4, 0.5) is 0 Å². The molecule has 4 aliphatic rings. The Morgan fingerprint density at radius 2 is 1.46 bits per heavy atom. The van der Waals surface area contributed by atoms with Crippen LogP contribution in [-0.4, -0.2) is 73.1 Å². The van der Waals surface area contributed by atoms with E-state index in [1.165, 1.54) is 26.4 Å². The quantitative estimate of drug-likeness (QED) is 0.220. The van der Waals surface area contributed by atoms with Gasteiger partial charge in [0.2, 0.25) is 0 Å². The van der Waals surface area contributed by atoms with Crippen molar-refractivity contribution < 1.29 is 38.0 Å². The Bertz CT molecular complexity index is 793. The van der Waals surface area contributed by atoms with E-state index in [4.69, 9.17) is 33.2 Å². The number of ether oxygens (including phenoxy) is 7. The normalized spacial score (nSPS) is 42.3. The zero-order chi connectivity index (χ0) is 28.2. The molecule has 0 bridgehead atoms. The molecule has 0 aromatic rings. The third kappa shape index (κ3) is 6.21. The van der Waals surface area contributed by atoms with Crippen LogP contribution in [0.2, 0.25) is 0 Å². The lowest BCUT2D eigenvalue weighted by atomic mass is 9.43. The summed E-state index contributed by atoms with van der Waals surface area (Å²) in [4.78, 5) is 12.0. The number of carbonyl (C=O) groups excluding carboxylic acids is 1. The average molecular weight is 555 g/mol. The SMILES string of the molecule is COCO[C@@H]1CC[C@]2(C)C3CC[C@@]4(C)[C@H]([C@@H]3[C@H](OCOC)C[C@@H]2C1)[C@@H](OCOC)C[C@@H]4[C@H](C)CCC(=O)OC. The summed E-state index contributed by atoms with van der Waals surface area (Å²) in [6.45, 7) is 8.35. The van der Waals surface area contributed by atoms with Gasteiger partial charge in [-0.15, -0.1) is 0 Å². The molecule has 0 amide bonds. The van der Waals surface area contributed by atoms with Gasteiger partial charge in [-0.1, -0.05) is 20.8 Å². The molecule has 0 saturated heterocycles. The highest BCUT2D eigenvalue weighted by Crippen LogP contribution is 2.69. The van der Waals surface area contributed by atoms with Crippen molar-refractivity contribution in [3.8, 4) is 0 Å². The number of hydrogen-bond donors (Lipinski definition) is 0. The van der Waals surface area contributed by atoms with Gasteiger partial charge in [0.1, 0.15) is 20.4 Å². The third-order valence-electron chi connectivity index (χ3n) is 11.6. The van der Waals surface area contributed by atoms with Crippen LogP contribution >= 0.6 is 0 Å². The summed E-state index contributed by atoms with van der Waals surface area (Å²) in [5.74, 6) is 2.65. The first-order valence-electron chi connectivity index (χ1n) is 15.1.